The largest absolute Gasteiger partial charge is 0.494 e. The molecular formula is C16H25NO3S. The summed E-state index contributed by atoms with van der Waals surface area (Å²) >= 11 is 0. The summed E-state index contributed by atoms with van der Waals surface area (Å²) in [6, 6.07) is 8.07. The van der Waals surface area contributed by atoms with E-state index in [9.17, 15) is 8.42 Å². The van der Waals surface area contributed by atoms with Crippen LogP contribution in [0.15, 0.2) is 24.3 Å². The molecule has 2 rings (SSSR count). The van der Waals surface area contributed by atoms with E-state index in [4.69, 9.17) is 4.74 Å². The maximum Gasteiger partial charge on any atom is 0.157 e. The van der Waals surface area contributed by atoms with Gasteiger partial charge in [0.15, 0.2) is 9.84 Å². The summed E-state index contributed by atoms with van der Waals surface area (Å²) in [6.07, 6.45) is 0.988. The third-order valence-electron chi connectivity index (χ3n) is 3.90. The van der Waals surface area contributed by atoms with E-state index in [1.54, 1.807) is 0 Å². The number of rotatable bonds is 5. The van der Waals surface area contributed by atoms with E-state index in [1.165, 1.54) is 5.56 Å². The highest BCUT2D eigenvalue weighted by Crippen LogP contribution is 2.25. The van der Waals surface area contributed by atoms with E-state index in [1.807, 2.05) is 32.0 Å². The molecule has 0 amide bonds. The van der Waals surface area contributed by atoms with Crippen LogP contribution in [0.25, 0.3) is 0 Å². The molecule has 1 aromatic carbocycles. The molecule has 0 spiro atoms. The minimum absolute atomic E-state index is 0.242. The monoisotopic (exact) mass is 311 g/mol. The van der Waals surface area contributed by atoms with Crippen molar-refractivity contribution in [1.82, 2.24) is 4.90 Å². The molecule has 4 nitrogen and oxygen atoms in total. The zero-order chi connectivity index (χ0) is 15.5. The molecule has 0 N–H and O–H groups in total. The molecule has 21 heavy (non-hydrogen) atoms. The van der Waals surface area contributed by atoms with Crippen molar-refractivity contribution >= 4 is 9.84 Å². The molecular weight excluding hydrogens is 286 g/mol. The summed E-state index contributed by atoms with van der Waals surface area (Å²) in [5.41, 5.74) is 1.17. The summed E-state index contributed by atoms with van der Waals surface area (Å²) < 4.78 is 29.0. The van der Waals surface area contributed by atoms with E-state index >= 15 is 0 Å². The Morgan fingerprint density at radius 1 is 1.33 bits per heavy atom. The van der Waals surface area contributed by atoms with E-state index in [-0.39, 0.29) is 5.75 Å². The van der Waals surface area contributed by atoms with Crippen molar-refractivity contribution in [2.75, 3.05) is 25.4 Å². The smallest absolute Gasteiger partial charge is 0.157 e. The number of benzene rings is 1. The molecule has 0 aliphatic carbocycles. The Hall–Kier alpha value is -1.07. The topological polar surface area (TPSA) is 46.6 Å². The summed E-state index contributed by atoms with van der Waals surface area (Å²) in [7, 11) is -2.97. The van der Waals surface area contributed by atoms with Gasteiger partial charge >= 0.3 is 0 Å². The fourth-order valence-corrected chi connectivity index (χ4v) is 4.02. The normalized spacial score (nSPS) is 21.1. The molecule has 1 fully saturated rings. The maximum atomic E-state index is 12.0. The highest BCUT2D eigenvalue weighted by atomic mass is 32.2. The molecule has 1 saturated heterocycles. The Morgan fingerprint density at radius 3 is 2.76 bits per heavy atom. The van der Waals surface area contributed by atoms with Gasteiger partial charge in [0.2, 0.25) is 0 Å². The minimum atomic E-state index is -2.97. The number of ether oxygens (including phenoxy) is 1. The Bertz CT molecular complexity index is 581. The van der Waals surface area contributed by atoms with Crippen LogP contribution >= 0.6 is 0 Å². The third-order valence-corrected chi connectivity index (χ3v) is 6.43. The summed E-state index contributed by atoms with van der Waals surface area (Å²) in [6.45, 7) is 8.38. The lowest BCUT2D eigenvalue weighted by Gasteiger charge is -2.37. The predicted octanol–water partition coefficient (Wildman–Crippen LogP) is 2.48. The van der Waals surface area contributed by atoms with Gasteiger partial charge < -0.3 is 4.74 Å². The summed E-state index contributed by atoms with van der Waals surface area (Å²) in [5.74, 6) is 1.13. The van der Waals surface area contributed by atoms with Crippen LogP contribution in [0.5, 0.6) is 5.75 Å². The number of hydrogen-bond donors (Lipinski definition) is 0. The molecule has 0 atom stereocenters. The van der Waals surface area contributed by atoms with Crippen LogP contribution in [0.1, 0.15) is 32.8 Å². The predicted molar refractivity (Wildman–Crippen MR) is 85.4 cm³/mol. The van der Waals surface area contributed by atoms with Crippen LogP contribution < -0.4 is 4.74 Å². The van der Waals surface area contributed by atoms with Gasteiger partial charge in [0.25, 0.3) is 0 Å². The highest BCUT2D eigenvalue weighted by Gasteiger charge is 2.39. The molecule has 1 aromatic rings. The van der Waals surface area contributed by atoms with Gasteiger partial charge in [0, 0.05) is 19.6 Å². The van der Waals surface area contributed by atoms with Crippen molar-refractivity contribution in [2.24, 2.45) is 0 Å². The van der Waals surface area contributed by atoms with Gasteiger partial charge in [-0.05, 0) is 38.0 Å². The molecule has 1 heterocycles. The van der Waals surface area contributed by atoms with Crippen LogP contribution in [0.3, 0.4) is 0 Å². The number of sulfone groups is 1. The van der Waals surface area contributed by atoms with Gasteiger partial charge in [-0.2, -0.15) is 0 Å². The first-order valence-electron chi connectivity index (χ1n) is 7.50. The SMILES string of the molecule is CCCOc1cccc(CN2CCS(=O)(=O)C(C)(C)C2)c1. The lowest BCUT2D eigenvalue weighted by atomic mass is 10.1. The summed E-state index contributed by atoms with van der Waals surface area (Å²) in [4.78, 5) is 2.21. The standard InChI is InChI=1S/C16H25NO3S/c1-4-9-20-15-7-5-6-14(11-15)12-17-8-10-21(18,19)16(2,3)13-17/h5-7,11H,4,8-10,12-13H2,1-3H3. The second kappa shape index (κ2) is 6.36. The average molecular weight is 311 g/mol. The number of nitrogens with zero attached hydrogens (tertiary/aromatic N) is 1. The Labute approximate surface area is 128 Å². The molecule has 118 valence electrons. The van der Waals surface area contributed by atoms with Crippen LogP contribution in [0.4, 0.5) is 0 Å². The van der Waals surface area contributed by atoms with Gasteiger partial charge in [-0.15, -0.1) is 0 Å². The van der Waals surface area contributed by atoms with Crippen molar-refractivity contribution in [3.8, 4) is 5.75 Å². The van der Waals surface area contributed by atoms with Gasteiger partial charge in [0.05, 0.1) is 17.1 Å². The summed E-state index contributed by atoms with van der Waals surface area (Å²) in [5, 5.41) is 0. The van der Waals surface area contributed by atoms with Crippen molar-refractivity contribution in [2.45, 2.75) is 38.5 Å². The number of hydrogen-bond acceptors (Lipinski definition) is 4. The Balaban J connectivity index is 2.02. The average Bonchev–Trinajstić information content (AvgIpc) is 2.41. The van der Waals surface area contributed by atoms with E-state index in [0.29, 0.717) is 13.1 Å². The van der Waals surface area contributed by atoms with Crippen molar-refractivity contribution in [3.05, 3.63) is 29.8 Å². The lowest BCUT2D eigenvalue weighted by molar-refractivity contribution is 0.241. The zero-order valence-electron chi connectivity index (χ0n) is 13.1. The van der Waals surface area contributed by atoms with Gasteiger partial charge in [-0.1, -0.05) is 19.1 Å². The van der Waals surface area contributed by atoms with Gasteiger partial charge in [-0.3, -0.25) is 4.90 Å². The molecule has 0 bridgehead atoms. The molecule has 0 saturated carbocycles. The molecule has 0 aromatic heterocycles. The molecule has 1 aliphatic heterocycles. The molecule has 0 unspecified atom stereocenters. The van der Waals surface area contributed by atoms with E-state index in [2.05, 4.69) is 17.9 Å². The first-order valence-corrected chi connectivity index (χ1v) is 9.16. The van der Waals surface area contributed by atoms with Crippen molar-refractivity contribution < 1.29 is 13.2 Å². The van der Waals surface area contributed by atoms with E-state index in [0.717, 1.165) is 25.3 Å². The Kier molecular flexibility index (Phi) is 4.94. The quantitative estimate of drug-likeness (QED) is 0.838. The van der Waals surface area contributed by atoms with Gasteiger partial charge in [0.1, 0.15) is 5.75 Å². The van der Waals surface area contributed by atoms with Crippen LogP contribution in [-0.2, 0) is 16.4 Å². The molecule has 5 heteroatoms. The highest BCUT2D eigenvalue weighted by molar-refractivity contribution is 7.92. The zero-order valence-corrected chi connectivity index (χ0v) is 13.9. The van der Waals surface area contributed by atoms with Crippen LogP contribution in [-0.4, -0.2) is 43.5 Å². The Morgan fingerprint density at radius 2 is 2.10 bits per heavy atom. The second-order valence-corrected chi connectivity index (χ2v) is 9.03. The molecule has 1 aliphatic rings. The molecule has 0 radical (unpaired) electrons. The van der Waals surface area contributed by atoms with Gasteiger partial charge in [-0.25, -0.2) is 8.42 Å². The first-order chi connectivity index (χ1) is 9.84. The van der Waals surface area contributed by atoms with Crippen molar-refractivity contribution in [1.29, 1.82) is 0 Å². The fourth-order valence-electron chi connectivity index (χ4n) is 2.59. The fraction of sp³-hybridized carbons (Fsp3) is 0.625. The first kappa shape index (κ1) is 16.3. The second-order valence-electron chi connectivity index (χ2n) is 6.29. The van der Waals surface area contributed by atoms with Crippen LogP contribution in [0, 0.1) is 0 Å². The lowest BCUT2D eigenvalue weighted by Crippen LogP contribution is -2.52. The van der Waals surface area contributed by atoms with Crippen LogP contribution in [0.2, 0.25) is 0 Å². The van der Waals surface area contributed by atoms with Crippen molar-refractivity contribution in [3.63, 3.8) is 0 Å². The maximum absolute atomic E-state index is 12.0. The third kappa shape index (κ3) is 3.98. The van der Waals surface area contributed by atoms with E-state index < -0.39 is 14.6 Å². The minimum Gasteiger partial charge on any atom is -0.494 e.